The maximum atomic E-state index is 6.37. The van der Waals surface area contributed by atoms with Gasteiger partial charge in [-0.2, -0.15) is 0 Å². The second kappa shape index (κ2) is 7.44. The fourth-order valence-corrected chi connectivity index (χ4v) is 4.54. The largest absolute Gasteiger partial charge is 0.378 e. The highest BCUT2D eigenvalue weighted by molar-refractivity contribution is 6.35. The Kier molecular flexibility index (Phi) is 4.80. The first-order valence-corrected chi connectivity index (χ1v) is 10.2. The summed E-state index contributed by atoms with van der Waals surface area (Å²) in [4.78, 5) is 14.4. The molecule has 5 rings (SSSR count). The Labute approximate surface area is 169 Å². The zero-order valence-electron chi connectivity index (χ0n) is 16.0. The van der Waals surface area contributed by atoms with E-state index >= 15 is 0 Å². The monoisotopic (exact) mass is 397 g/mol. The van der Waals surface area contributed by atoms with Gasteiger partial charge in [0.15, 0.2) is 5.82 Å². The van der Waals surface area contributed by atoms with Crippen molar-refractivity contribution in [3.63, 3.8) is 0 Å². The predicted octanol–water partition coefficient (Wildman–Crippen LogP) is 2.94. The van der Waals surface area contributed by atoms with Gasteiger partial charge in [0.05, 0.1) is 35.8 Å². The van der Waals surface area contributed by atoms with Crippen LogP contribution in [0.1, 0.15) is 6.04 Å². The van der Waals surface area contributed by atoms with Gasteiger partial charge < -0.3 is 14.2 Å². The highest BCUT2D eigenvalue weighted by Crippen LogP contribution is 2.31. The normalized spacial score (nSPS) is 24.2. The molecule has 0 spiro atoms. The lowest BCUT2D eigenvalue weighted by Gasteiger charge is -2.38. The average molecular weight is 398 g/mol. The Hall–Kier alpha value is -1.99. The molecular weight excluding hydrogens is 374 g/mol. The molecule has 2 aromatic heterocycles. The van der Waals surface area contributed by atoms with Crippen LogP contribution in [0.4, 0.5) is 0 Å². The molecule has 0 radical (unpaired) electrons. The first-order valence-electron chi connectivity index (χ1n) is 9.79. The molecular formula is C21H24ClN5O. The fraction of sp³-hybridized carbons (Fsp3) is 0.429. The summed E-state index contributed by atoms with van der Waals surface area (Å²) in [6.07, 6.45) is 3.91. The highest BCUT2D eigenvalue weighted by Gasteiger charge is 2.36. The van der Waals surface area contributed by atoms with Crippen LogP contribution in [0.5, 0.6) is 0 Å². The number of hydrogen-bond donors (Lipinski definition) is 0. The van der Waals surface area contributed by atoms with Crippen molar-refractivity contribution in [1.29, 1.82) is 0 Å². The third kappa shape index (κ3) is 3.20. The van der Waals surface area contributed by atoms with Gasteiger partial charge in [-0.25, -0.2) is 9.97 Å². The van der Waals surface area contributed by atoms with Crippen LogP contribution in [0.2, 0.25) is 5.02 Å². The van der Waals surface area contributed by atoms with Gasteiger partial charge in [-0.05, 0) is 19.2 Å². The van der Waals surface area contributed by atoms with E-state index in [1.165, 1.54) is 0 Å². The van der Waals surface area contributed by atoms with Crippen LogP contribution in [0.3, 0.4) is 0 Å². The quantitative estimate of drug-likeness (QED) is 0.680. The summed E-state index contributed by atoms with van der Waals surface area (Å²) in [5.74, 6) is 0.872. The number of nitrogens with zero attached hydrogens (tertiary/aromatic N) is 5. The predicted molar refractivity (Wildman–Crippen MR) is 111 cm³/mol. The Bertz CT molecular complexity index is 982. The van der Waals surface area contributed by atoms with Crippen molar-refractivity contribution < 1.29 is 4.74 Å². The van der Waals surface area contributed by atoms with Gasteiger partial charge in [0.25, 0.3) is 0 Å². The molecule has 2 aliphatic rings. The average Bonchev–Trinajstić information content (AvgIpc) is 3.38. The van der Waals surface area contributed by atoms with Crippen molar-refractivity contribution in [3.8, 4) is 11.5 Å². The summed E-state index contributed by atoms with van der Waals surface area (Å²) < 4.78 is 8.15. The van der Waals surface area contributed by atoms with E-state index in [1.807, 2.05) is 30.5 Å². The molecule has 6 nitrogen and oxygen atoms in total. The van der Waals surface area contributed by atoms with Crippen molar-refractivity contribution in [3.05, 3.63) is 47.7 Å². The zero-order chi connectivity index (χ0) is 19.1. The molecule has 2 fully saturated rings. The Balaban J connectivity index is 1.48. The summed E-state index contributed by atoms with van der Waals surface area (Å²) >= 11 is 6.37. The van der Waals surface area contributed by atoms with Gasteiger partial charge in [-0.15, -0.1) is 0 Å². The maximum absolute atomic E-state index is 6.37. The van der Waals surface area contributed by atoms with Crippen LogP contribution in [0.25, 0.3) is 22.4 Å². The number of benzene rings is 1. The molecule has 28 heavy (non-hydrogen) atoms. The van der Waals surface area contributed by atoms with E-state index in [0.717, 1.165) is 55.2 Å². The molecule has 0 N–H and O–H groups in total. The molecule has 0 aliphatic carbocycles. The summed E-state index contributed by atoms with van der Waals surface area (Å²) in [7, 11) is 2.18. The number of pyridine rings is 1. The lowest BCUT2D eigenvalue weighted by atomic mass is 10.1. The molecule has 1 aromatic carbocycles. The topological polar surface area (TPSA) is 46.4 Å². The number of piperazine rings is 1. The van der Waals surface area contributed by atoms with Crippen LogP contribution in [0, 0.1) is 0 Å². The molecule has 0 saturated carbocycles. The number of imidazole rings is 1. The van der Waals surface area contributed by atoms with E-state index in [-0.39, 0.29) is 6.04 Å². The number of fused-ring (bicyclic) bond motifs is 1. The molecule has 7 heteroatoms. The molecule has 0 amide bonds. The van der Waals surface area contributed by atoms with Crippen LogP contribution in [-0.4, -0.2) is 76.8 Å². The Morgan fingerprint density at radius 2 is 1.86 bits per heavy atom. The lowest BCUT2D eigenvalue weighted by Crippen LogP contribution is -2.51. The Morgan fingerprint density at radius 3 is 2.71 bits per heavy atom. The number of aromatic nitrogens is 3. The van der Waals surface area contributed by atoms with Crippen LogP contribution >= 0.6 is 11.6 Å². The van der Waals surface area contributed by atoms with E-state index < -0.39 is 0 Å². The number of para-hydroxylation sites is 1. The van der Waals surface area contributed by atoms with Crippen molar-refractivity contribution in [1.82, 2.24) is 24.3 Å². The van der Waals surface area contributed by atoms with Crippen molar-refractivity contribution in [2.45, 2.75) is 12.1 Å². The highest BCUT2D eigenvalue weighted by atomic mass is 35.5. The Morgan fingerprint density at radius 1 is 1.04 bits per heavy atom. The molecule has 146 valence electrons. The first kappa shape index (κ1) is 18.1. The standard InChI is InChI=1S/C21H24ClN5O/c1-25-9-11-26(12-10-25)18-13-28-14-19(18)27-8-7-23-21(27)17-6-5-15-3-2-4-16(22)20(15)24-17/h2-8,18-19H,9-14H2,1H3/t18-,19-/m0/s1. The van der Waals surface area contributed by atoms with Crippen molar-refractivity contribution >= 4 is 22.5 Å². The van der Waals surface area contributed by atoms with Crippen LogP contribution in [-0.2, 0) is 4.74 Å². The molecule has 2 atom stereocenters. The van der Waals surface area contributed by atoms with Gasteiger partial charge >= 0.3 is 0 Å². The van der Waals surface area contributed by atoms with E-state index in [0.29, 0.717) is 17.7 Å². The van der Waals surface area contributed by atoms with E-state index in [2.05, 4.69) is 38.7 Å². The summed E-state index contributed by atoms with van der Waals surface area (Å²) in [5.41, 5.74) is 1.66. The third-order valence-corrected chi connectivity index (χ3v) is 6.26. The zero-order valence-corrected chi connectivity index (χ0v) is 16.7. The molecule has 0 unspecified atom stereocenters. The second-order valence-electron chi connectivity index (χ2n) is 7.68. The molecule has 4 heterocycles. The third-order valence-electron chi connectivity index (χ3n) is 5.95. The molecule has 3 aromatic rings. The van der Waals surface area contributed by atoms with Crippen LogP contribution < -0.4 is 0 Å². The lowest BCUT2D eigenvalue weighted by molar-refractivity contribution is 0.0889. The summed E-state index contributed by atoms with van der Waals surface area (Å²) in [6.45, 7) is 5.83. The molecule has 2 aliphatic heterocycles. The smallest absolute Gasteiger partial charge is 0.159 e. The van der Waals surface area contributed by atoms with Gasteiger partial charge in [0, 0.05) is 44.0 Å². The number of halogens is 1. The minimum absolute atomic E-state index is 0.240. The maximum Gasteiger partial charge on any atom is 0.159 e. The van der Waals surface area contributed by atoms with E-state index in [9.17, 15) is 0 Å². The SMILES string of the molecule is CN1CCN([C@H]2COC[C@@H]2n2ccnc2-c2ccc3cccc(Cl)c3n2)CC1. The first-order chi connectivity index (χ1) is 13.7. The minimum atomic E-state index is 0.240. The summed E-state index contributed by atoms with van der Waals surface area (Å²) in [5, 5.41) is 1.70. The van der Waals surface area contributed by atoms with Gasteiger partial charge in [0.2, 0.25) is 0 Å². The van der Waals surface area contributed by atoms with Gasteiger partial charge in [0.1, 0.15) is 5.69 Å². The van der Waals surface area contributed by atoms with Crippen molar-refractivity contribution in [2.24, 2.45) is 0 Å². The van der Waals surface area contributed by atoms with E-state index in [4.69, 9.17) is 21.3 Å². The van der Waals surface area contributed by atoms with Crippen molar-refractivity contribution in [2.75, 3.05) is 46.4 Å². The van der Waals surface area contributed by atoms with Gasteiger partial charge in [-0.3, -0.25) is 4.90 Å². The number of rotatable bonds is 3. The number of ether oxygens (including phenoxy) is 1. The second-order valence-corrected chi connectivity index (χ2v) is 8.08. The fourth-order valence-electron chi connectivity index (χ4n) is 4.31. The number of hydrogen-bond acceptors (Lipinski definition) is 5. The molecule has 2 saturated heterocycles. The van der Waals surface area contributed by atoms with E-state index in [1.54, 1.807) is 0 Å². The molecule has 0 bridgehead atoms. The minimum Gasteiger partial charge on any atom is -0.378 e. The number of likely N-dealkylation sites (N-methyl/N-ethyl adjacent to an activating group) is 1. The summed E-state index contributed by atoms with van der Waals surface area (Å²) in [6, 6.07) is 10.5. The van der Waals surface area contributed by atoms with Gasteiger partial charge in [-0.1, -0.05) is 29.8 Å². The van der Waals surface area contributed by atoms with Crippen LogP contribution in [0.15, 0.2) is 42.7 Å².